The van der Waals surface area contributed by atoms with Gasteiger partial charge >= 0.3 is 0 Å². The summed E-state index contributed by atoms with van der Waals surface area (Å²) in [6.45, 7) is 0. The van der Waals surface area contributed by atoms with Crippen molar-refractivity contribution >= 4 is 10.0 Å². The highest BCUT2D eigenvalue weighted by Gasteiger charge is 2.12. The highest BCUT2D eigenvalue weighted by Crippen LogP contribution is 2.33. The Bertz CT molecular complexity index is 853. The van der Waals surface area contributed by atoms with Gasteiger partial charge in [0.25, 0.3) is 0 Å². The number of nitrogens with two attached hydrogens (primary N) is 1. The summed E-state index contributed by atoms with van der Waals surface area (Å²) in [5.41, 5.74) is 3.53. The molecule has 106 valence electrons. The Morgan fingerprint density at radius 3 is 2.19 bits per heavy atom. The topological polar surface area (TPSA) is 86.2 Å². The Balaban J connectivity index is 2.05. The number of sulfonamides is 1. The lowest BCUT2D eigenvalue weighted by atomic mass is 10.0. The number of primary sulfonamides is 1. The minimum absolute atomic E-state index is 0.0812. The van der Waals surface area contributed by atoms with Crippen LogP contribution in [0.25, 0.3) is 22.3 Å². The van der Waals surface area contributed by atoms with Crippen LogP contribution in [-0.2, 0) is 10.0 Å². The maximum absolute atomic E-state index is 11.3. The van der Waals surface area contributed by atoms with Gasteiger partial charge in [0, 0.05) is 29.1 Å². The first kappa shape index (κ1) is 13.5. The third kappa shape index (κ3) is 2.72. The molecule has 0 spiro atoms. The van der Waals surface area contributed by atoms with Crippen LogP contribution >= 0.6 is 0 Å². The van der Waals surface area contributed by atoms with Crippen LogP contribution in [0.5, 0.6) is 0 Å². The zero-order valence-corrected chi connectivity index (χ0v) is 11.7. The maximum Gasteiger partial charge on any atom is 0.238 e. The lowest BCUT2D eigenvalue weighted by Gasteiger charge is -2.04. The Labute approximate surface area is 122 Å². The predicted molar refractivity (Wildman–Crippen MR) is 78.7 cm³/mol. The quantitative estimate of drug-likeness (QED) is 0.805. The molecule has 3 aromatic rings. The van der Waals surface area contributed by atoms with Crippen molar-refractivity contribution in [3.63, 3.8) is 0 Å². The molecule has 2 N–H and O–H groups in total. The molecule has 6 heteroatoms. The first-order chi connectivity index (χ1) is 10.1. The van der Waals surface area contributed by atoms with Crippen LogP contribution < -0.4 is 5.14 Å². The lowest BCUT2D eigenvalue weighted by Crippen LogP contribution is -2.11. The van der Waals surface area contributed by atoms with Gasteiger partial charge in [-0.05, 0) is 23.8 Å². The molecule has 2 heterocycles. The number of pyridine rings is 1. The van der Waals surface area contributed by atoms with Crippen LogP contribution in [0.2, 0.25) is 0 Å². The third-order valence-electron chi connectivity index (χ3n) is 3.13. The summed E-state index contributed by atoms with van der Waals surface area (Å²) in [6, 6.07) is 10.1. The molecular weight excluding hydrogens is 288 g/mol. The maximum atomic E-state index is 11.3. The van der Waals surface area contributed by atoms with E-state index in [0.29, 0.717) is 0 Å². The van der Waals surface area contributed by atoms with Gasteiger partial charge in [-0.3, -0.25) is 4.98 Å². The Kier molecular flexibility index (Phi) is 3.32. The van der Waals surface area contributed by atoms with Crippen molar-refractivity contribution in [2.24, 2.45) is 5.14 Å². The largest absolute Gasteiger partial charge is 0.471 e. The van der Waals surface area contributed by atoms with E-state index >= 15 is 0 Å². The summed E-state index contributed by atoms with van der Waals surface area (Å²) in [4.78, 5) is 4.17. The summed E-state index contributed by atoms with van der Waals surface area (Å²) in [6.07, 6.45) is 6.70. The van der Waals surface area contributed by atoms with Crippen LogP contribution in [0.3, 0.4) is 0 Å². The molecule has 0 saturated heterocycles. The molecule has 0 aliphatic rings. The van der Waals surface area contributed by atoms with Gasteiger partial charge in [0.05, 0.1) is 17.4 Å². The van der Waals surface area contributed by atoms with Gasteiger partial charge in [0.15, 0.2) is 0 Å². The lowest BCUT2D eigenvalue weighted by molar-refractivity contribution is 0.569. The molecule has 0 atom stereocenters. The van der Waals surface area contributed by atoms with Crippen molar-refractivity contribution in [3.8, 4) is 22.3 Å². The summed E-state index contributed by atoms with van der Waals surface area (Å²) < 4.78 is 27.8. The van der Waals surface area contributed by atoms with E-state index in [2.05, 4.69) is 4.98 Å². The Hall–Kier alpha value is -2.44. The highest BCUT2D eigenvalue weighted by molar-refractivity contribution is 7.89. The fourth-order valence-electron chi connectivity index (χ4n) is 2.09. The number of aromatic nitrogens is 1. The summed E-state index contributed by atoms with van der Waals surface area (Å²) >= 11 is 0. The second-order valence-electron chi connectivity index (χ2n) is 4.51. The molecule has 0 unspecified atom stereocenters. The zero-order valence-electron chi connectivity index (χ0n) is 10.9. The first-order valence-corrected chi connectivity index (χ1v) is 7.70. The number of furan rings is 1. The zero-order chi connectivity index (χ0) is 14.9. The monoisotopic (exact) mass is 300 g/mol. The summed E-state index contributed by atoms with van der Waals surface area (Å²) in [5, 5.41) is 5.09. The Morgan fingerprint density at radius 2 is 1.62 bits per heavy atom. The van der Waals surface area contributed by atoms with Crippen LogP contribution in [0.4, 0.5) is 0 Å². The van der Waals surface area contributed by atoms with E-state index in [-0.39, 0.29) is 4.90 Å². The number of hydrogen-bond acceptors (Lipinski definition) is 4. The van der Waals surface area contributed by atoms with Gasteiger partial charge in [0.2, 0.25) is 10.0 Å². The van der Waals surface area contributed by atoms with Crippen molar-refractivity contribution in [1.82, 2.24) is 4.98 Å². The van der Waals surface area contributed by atoms with Crippen LogP contribution in [0.15, 0.2) is 70.6 Å². The van der Waals surface area contributed by atoms with E-state index in [1.165, 1.54) is 12.1 Å². The molecule has 0 amide bonds. The molecule has 3 rings (SSSR count). The highest BCUT2D eigenvalue weighted by atomic mass is 32.2. The van der Waals surface area contributed by atoms with E-state index in [9.17, 15) is 8.42 Å². The molecule has 1 aromatic carbocycles. The van der Waals surface area contributed by atoms with E-state index in [0.717, 1.165) is 22.3 Å². The van der Waals surface area contributed by atoms with Crippen LogP contribution in [0, 0.1) is 0 Å². The average Bonchev–Trinajstić information content (AvgIpc) is 2.97. The summed E-state index contributed by atoms with van der Waals surface area (Å²) in [7, 11) is -3.68. The average molecular weight is 300 g/mol. The molecule has 0 bridgehead atoms. The van der Waals surface area contributed by atoms with E-state index < -0.39 is 10.0 Å². The third-order valence-corrected chi connectivity index (χ3v) is 4.06. The van der Waals surface area contributed by atoms with Gasteiger partial charge in [-0.25, -0.2) is 13.6 Å². The fraction of sp³-hybridized carbons (Fsp3) is 0. The number of rotatable bonds is 3. The van der Waals surface area contributed by atoms with Gasteiger partial charge in [-0.2, -0.15) is 0 Å². The second-order valence-corrected chi connectivity index (χ2v) is 6.07. The van der Waals surface area contributed by atoms with Crippen molar-refractivity contribution in [2.45, 2.75) is 4.90 Å². The van der Waals surface area contributed by atoms with Crippen molar-refractivity contribution < 1.29 is 12.8 Å². The smallest absolute Gasteiger partial charge is 0.238 e. The number of benzene rings is 1. The standard InChI is InChI=1S/C15H12N2O3S/c16-21(18,19)13-5-3-11(4-6-13)14-9-20-10-15(14)12-2-1-7-17-8-12/h1-10H,(H2,16,18,19). The van der Waals surface area contributed by atoms with Crippen molar-refractivity contribution in [2.75, 3.05) is 0 Å². The van der Waals surface area contributed by atoms with E-state index in [1.807, 2.05) is 12.1 Å². The minimum Gasteiger partial charge on any atom is -0.471 e. The van der Waals surface area contributed by atoms with E-state index in [1.54, 1.807) is 37.1 Å². The Morgan fingerprint density at radius 1 is 0.952 bits per heavy atom. The van der Waals surface area contributed by atoms with Gasteiger partial charge in [-0.15, -0.1) is 0 Å². The molecular formula is C15H12N2O3S. The van der Waals surface area contributed by atoms with Crippen molar-refractivity contribution in [3.05, 3.63) is 61.3 Å². The molecule has 0 radical (unpaired) electrons. The van der Waals surface area contributed by atoms with E-state index in [4.69, 9.17) is 9.56 Å². The number of nitrogens with zero attached hydrogens (tertiary/aromatic N) is 1. The second kappa shape index (κ2) is 5.16. The SMILES string of the molecule is NS(=O)(=O)c1ccc(-c2cocc2-c2cccnc2)cc1. The molecule has 0 aliphatic heterocycles. The molecule has 0 fully saturated rings. The fourth-order valence-corrected chi connectivity index (χ4v) is 2.61. The summed E-state index contributed by atoms with van der Waals surface area (Å²) in [5.74, 6) is 0. The number of hydrogen-bond donors (Lipinski definition) is 1. The normalized spacial score (nSPS) is 11.5. The van der Waals surface area contributed by atoms with Crippen LogP contribution in [0.1, 0.15) is 0 Å². The molecule has 21 heavy (non-hydrogen) atoms. The predicted octanol–water partition coefficient (Wildman–Crippen LogP) is 2.66. The molecule has 2 aromatic heterocycles. The molecule has 0 aliphatic carbocycles. The molecule has 0 saturated carbocycles. The minimum atomic E-state index is -3.68. The molecule has 5 nitrogen and oxygen atoms in total. The van der Waals surface area contributed by atoms with Crippen LogP contribution in [-0.4, -0.2) is 13.4 Å². The van der Waals surface area contributed by atoms with Gasteiger partial charge in [-0.1, -0.05) is 18.2 Å². The van der Waals surface area contributed by atoms with Gasteiger partial charge < -0.3 is 4.42 Å². The van der Waals surface area contributed by atoms with Gasteiger partial charge in [0.1, 0.15) is 0 Å². The first-order valence-electron chi connectivity index (χ1n) is 6.15. The van der Waals surface area contributed by atoms with Crippen molar-refractivity contribution in [1.29, 1.82) is 0 Å².